The molecule has 0 saturated carbocycles. The monoisotopic (exact) mass is 375 g/mol. The molecule has 0 saturated heterocycles. The average Bonchev–Trinajstić information content (AvgIpc) is 2.76. The minimum atomic E-state index is -0.954. The lowest BCUT2D eigenvalue weighted by molar-refractivity contribution is 0.0690. The predicted molar refractivity (Wildman–Crippen MR) is 80.8 cm³/mol. The van der Waals surface area contributed by atoms with Crippen LogP contribution in [0.3, 0.4) is 0 Å². The largest absolute Gasteiger partial charge is 0.477 e. The lowest BCUT2D eigenvalue weighted by atomic mass is 10.1. The first kappa shape index (κ1) is 13.2. The van der Waals surface area contributed by atoms with Gasteiger partial charge in [-0.15, -0.1) is 0 Å². The van der Waals surface area contributed by atoms with Crippen LogP contribution in [0.2, 0.25) is 0 Å². The molecule has 3 N–H and O–H groups in total. The van der Waals surface area contributed by atoms with Crippen LogP contribution in [0.4, 0.5) is 5.82 Å². The molecule has 0 radical (unpaired) electrons. The van der Waals surface area contributed by atoms with E-state index in [4.69, 9.17) is 10.8 Å². The maximum Gasteiger partial charge on any atom is 0.353 e. The zero-order valence-electron chi connectivity index (χ0n) is 9.42. The van der Waals surface area contributed by atoms with Gasteiger partial charge in [0.25, 0.3) is 0 Å². The summed E-state index contributed by atoms with van der Waals surface area (Å²) < 4.78 is 1.61. The molecule has 0 aromatic carbocycles. The Morgan fingerprint density at radius 1 is 1.56 bits per heavy atom. The molecule has 0 unspecified atom stereocenters. The summed E-state index contributed by atoms with van der Waals surface area (Å²) in [4.78, 5) is 15.1. The summed E-state index contributed by atoms with van der Waals surface area (Å²) in [7, 11) is 1.31. The van der Waals surface area contributed by atoms with Gasteiger partial charge in [0, 0.05) is 48.3 Å². The normalized spacial score (nSPS) is 10.6. The number of hydrogen-bond donors (Lipinski definition) is 2. The van der Waals surface area contributed by atoms with Gasteiger partial charge in [-0.1, -0.05) is 0 Å². The van der Waals surface area contributed by atoms with E-state index < -0.39 is 5.97 Å². The van der Waals surface area contributed by atoms with Crippen molar-refractivity contribution in [1.29, 1.82) is 0 Å². The lowest BCUT2D eigenvalue weighted by Gasteiger charge is -2.03. The third-order valence-corrected chi connectivity index (χ3v) is 4.24. The third kappa shape index (κ3) is 2.46. The summed E-state index contributed by atoms with van der Waals surface area (Å²) in [6, 6.07) is 3.38. The number of carboxylic acid groups (broad SMARTS) is 1. The Morgan fingerprint density at radius 3 is 2.83 bits per heavy atom. The smallest absolute Gasteiger partial charge is 0.353 e. The molecule has 0 spiro atoms. The van der Waals surface area contributed by atoms with Gasteiger partial charge in [0.15, 0.2) is 0 Å². The second kappa shape index (κ2) is 5.19. The fraction of sp³-hybridized carbons (Fsp3) is 0.0909. The quantitative estimate of drug-likeness (QED) is 0.807. The number of nitrogens with two attached hydrogens (primary N) is 1. The number of aromatic carboxylic acids is 1. The van der Waals surface area contributed by atoms with Crippen LogP contribution in [0.25, 0.3) is 11.1 Å². The Hall–Kier alpha value is -1.22. The standard InChI is InChI=1S/C11H10IN3O2S/c1-6-4-14-10(13)3-8(6)7-2-9(11(16)17)15(5-7)18-12/h2-5H,1H3,(H2,13,14)(H,16,17). The summed E-state index contributed by atoms with van der Waals surface area (Å²) >= 11 is 2.04. The fourth-order valence-electron chi connectivity index (χ4n) is 1.66. The predicted octanol–water partition coefficient (Wildman–Crippen LogP) is 2.99. The van der Waals surface area contributed by atoms with Crippen LogP contribution in [-0.4, -0.2) is 20.0 Å². The topological polar surface area (TPSA) is 81.1 Å². The van der Waals surface area contributed by atoms with Crippen molar-refractivity contribution in [3.05, 3.63) is 35.8 Å². The van der Waals surface area contributed by atoms with Crippen LogP contribution in [0, 0.1) is 6.92 Å². The molecule has 7 heteroatoms. The maximum atomic E-state index is 11.1. The van der Waals surface area contributed by atoms with Crippen LogP contribution in [0.15, 0.2) is 24.5 Å². The molecule has 18 heavy (non-hydrogen) atoms. The Morgan fingerprint density at radius 2 is 2.28 bits per heavy atom. The molecular formula is C11H10IN3O2S. The molecule has 0 fully saturated rings. The number of carboxylic acids is 1. The van der Waals surface area contributed by atoms with Gasteiger partial charge in [0.1, 0.15) is 11.5 Å². The van der Waals surface area contributed by atoms with Crippen molar-refractivity contribution in [2.75, 3.05) is 5.73 Å². The number of anilines is 1. The summed E-state index contributed by atoms with van der Waals surface area (Å²) in [5.74, 6) is -0.535. The molecule has 2 aromatic heterocycles. The molecular weight excluding hydrogens is 365 g/mol. The van der Waals surface area contributed by atoms with Crippen LogP contribution in [0.1, 0.15) is 16.1 Å². The molecule has 2 heterocycles. The molecule has 0 aliphatic rings. The molecule has 0 amide bonds. The van der Waals surface area contributed by atoms with Gasteiger partial charge >= 0.3 is 5.97 Å². The lowest BCUT2D eigenvalue weighted by Crippen LogP contribution is -2.00. The van der Waals surface area contributed by atoms with E-state index in [0.717, 1.165) is 16.7 Å². The van der Waals surface area contributed by atoms with Crippen LogP contribution >= 0.6 is 30.3 Å². The minimum absolute atomic E-state index is 0.235. The van der Waals surface area contributed by atoms with E-state index in [0.29, 0.717) is 5.82 Å². The maximum absolute atomic E-state index is 11.1. The van der Waals surface area contributed by atoms with E-state index in [2.05, 4.69) is 4.98 Å². The Labute approximate surface area is 120 Å². The van der Waals surface area contributed by atoms with E-state index in [1.165, 1.54) is 9.12 Å². The fourth-order valence-corrected chi connectivity index (χ4v) is 2.99. The number of carbonyl (C=O) groups is 1. The van der Waals surface area contributed by atoms with Crippen LogP contribution in [0.5, 0.6) is 0 Å². The Kier molecular flexibility index (Phi) is 3.81. The number of nitrogen functional groups attached to an aromatic ring is 1. The van der Waals surface area contributed by atoms with E-state index in [9.17, 15) is 4.79 Å². The van der Waals surface area contributed by atoms with Gasteiger partial charge in [0.05, 0.1) is 0 Å². The molecule has 5 nitrogen and oxygen atoms in total. The number of halogens is 1. The van der Waals surface area contributed by atoms with E-state index in [1.807, 2.05) is 28.1 Å². The van der Waals surface area contributed by atoms with Crippen molar-refractivity contribution in [3.63, 3.8) is 0 Å². The number of rotatable bonds is 3. The SMILES string of the molecule is Cc1cnc(N)cc1-c1cc(C(=O)O)n(SI)c1. The molecule has 2 aromatic rings. The summed E-state index contributed by atoms with van der Waals surface area (Å²) in [5, 5.41) is 9.11. The van der Waals surface area contributed by atoms with Gasteiger partial charge in [-0.2, -0.15) is 0 Å². The highest BCUT2D eigenvalue weighted by Gasteiger charge is 2.15. The summed E-state index contributed by atoms with van der Waals surface area (Å²) in [6.07, 6.45) is 3.46. The first-order valence-corrected chi connectivity index (χ1v) is 8.32. The molecule has 0 aliphatic carbocycles. The zero-order valence-corrected chi connectivity index (χ0v) is 12.4. The van der Waals surface area contributed by atoms with Crippen molar-refractivity contribution in [2.24, 2.45) is 0 Å². The third-order valence-electron chi connectivity index (χ3n) is 2.51. The number of aromatic nitrogens is 2. The first-order valence-electron chi connectivity index (χ1n) is 5.00. The minimum Gasteiger partial charge on any atom is -0.477 e. The Balaban J connectivity index is 2.57. The number of pyridine rings is 1. The first-order chi connectivity index (χ1) is 8.52. The van der Waals surface area contributed by atoms with Crippen molar-refractivity contribution in [3.8, 4) is 11.1 Å². The van der Waals surface area contributed by atoms with Gasteiger partial charge < -0.3 is 10.8 Å². The Bertz CT molecular complexity index is 612. The van der Waals surface area contributed by atoms with Gasteiger partial charge in [0.2, 0.25) is 0 Å². The molecule has 0 aliphatic heterocycles. The second-order valence-corrected chi connectivity index (χ2v) is 5.45. The highest BCUT2D eigenvalue weighted by atomic mass is 127. The van der Waals surface area contributed by atoms with E-state index in [1.54, 1.807) is 28.5 Å². The van der Waals surface area contributed by atoms with Crippen molar-refractivity contribution in [2.45, 2.75) is 6.92 Å². The molecule has 0 bridgehead atoms. The summed E-state index contributed by atoms with van der Waals surface area (Å²) in [5.41, 5.74) is 8.57. The van der Waals surface area contributed by atoms with Gasteiger partial charge in [-0.05, 0) is 30.2 Å². The van der Waals surface area contributed by atoms with Crippen molar-refractivity contribution in [1.82, 2.24) is 8.96 Å². The van der Waals surface area contributed by atoms with Gasteiger partial charge in [-0.3, -0.25) is 3.97 Å². The zero-order chi connectivity index (χ0) is 13.3. The number of aryl methyl sites for hydroxylation is 1. The van der Waals surface area contributed by atoms with E-state index >= 15 is 0 Å². The van der Waals surface area contributed by atoms with E-state index in [-0.39, 0.29) is 5.69 Å². The highest BCUT2D eigenvalue weighted by Crippen LogP contribution is 2.30. The molecule has 94 valence electrons. The summed E-state index contributed by atoms with van der Waals surface area (Å²) in [6.45, 7) is 1.91. The molecule has 2 rings (SSSR count). The van der Waals surface area contributed by atoms with Crippen molar-refractivity contribution >= 4 is 42.1 Å². The van der Waals surface area contributed by atoms with Crippen LogP contribution in [-0.2, 0) is 0 Å². The molecule has 0 atom stereocenters. The van der Waals surface area contributed by atoms with Gasteiger partial charge in [-0.25, -0.2) is 9.78 Å². The average molecular weight is 375 g/mol. The number of nitrogens with zero attached hydrogens (tertiary/aromatic N) is 2. The van der Waals surface area contributed by atoms with Crippen molar-refractivity contribution < 1.29 is 9.90 Å². The second-order valence-electron chi connectivity index (χ2n) is 3.74. The number of hydrogen-bond acceptors (Lipinski definition) is 4. The van der Waals surface area contributed by atoms with Crippen LogP contribution < -0.4 is 5.73 Å². The highest BCUT2D eigenvalue weighted by molar-refractivity contribution is 14.2.